The number of thioether (sulfide) groups is 1. The zero-order valence-corrected chi connectivity index (χ0v) is 14.5. The summed E-state index contributed by atoms with van der Waals surface area (Å²) in [6, 6.07) is 8.89. The predicted octanol–water partition coefficient (Wildman–Crippen LogP) is 3.76. The highest BCUT2D eigenvalue weighted by Gasteiger charge is 2.19. The number of benzene rings is 1. The molecule has 0 saturated heterocycles. The highest BCUT2D eigenvalue weighted by molar-refractivity contribution is 8.00. The van der Waals surface area contributed by atoms with Gasteiger partial charge in [-0.05, 0) is 39.0 Å². The Bertz CT molecular complexity index is 893. The molecule has 2 heterocycles. The van der Waals surface area contributed by atoms with E-state index < -0.39 is 0 Å². The Morgan fingerprint density at radius 1 is 1.26 bits per heavy atom. The van der Waals surface area contributed by atoms with Crippen molar-refractivity contribution in [1.82, 2.24) is 19.6 Å². The third-order valence-electron chi connectivity index (χ3n) is 3.36. The molecule has 0 amide bonds. The molecule has 1 atom stereocenters. The maximum Gasteiger partial charge on any atom is 0.253 e. The van der Waals surface area contributed by atoms with Gasteiger partial charge in [0.15, 0.2) is 5.78 Å². The van der Waals surface area contributed by atoms with Crippen LogP contribution in [0.5, 0.6) is 0 Å². The molecule has 0 aliphatic heterocycles. The van der Waals surface area contributed by atoms with Gasteiger partial charge in [0.1, 0.15) is 0 Å². The molecule has 0 radical (unpaired) electrons. The van der Waals surface area contributed by atoms with Crippen molar-refractivity contribution < 1.29 is 4.79 Å². The summed E-state index contributed by atoms with van der Waals surface area (Å²) in [7, 11) is 0. The van der Waals surface area contributed by atoms with Crippen LogP contribution in [0.15, 0.2) is 35.5 Å². The molecule has 0 saturated carbocycles. The normalized spacial score (nSPS) is 12.5. The van der Waals surface area contributed by atoms with Crippen molar-refractivity contribution in [2.75, 3.05) is 0 Å². The number of rotatable bonds is 4. The Kier molecular flexibility index (Phi) is 4.37. The second-order valence-electron chi connectivity index (χ2n) is 5.28. The van der Waals surface area contributed by atoms with Crippen molar-refractivity contribution >= 4 is 34.9 Å². The smallest absolute Gasteiger partial charge is 0.253 e. The number of hydrogen-bond acceptors (Lipinski definition) is 5. The number of aryl methyl sites for hydroxylation is 2. The number of Topliss-reactive ketones (excluding diaryl/α,β-unsaturated/α-hetero) is 1. The van der Waals surface area contributed by atoms with Gasteiger partial charge in [-0.25, -0.2) is 9.50 Å². The fraction of sp³-hybridized carbons (Fsp3) is 0.250. The van der Waals surface area contributed by atoms with Crippen molar-refractivity contribution in [2.45, 2.75) is 31.2 Å². The van der Waals surface area contributed by atoms with Crippen molar-refractivity contribution in [3.05, 3.63) is 52.3 Å². The largest absolute Gasteiger partial charge is 0.293 e. The first-order valence-electron chi connectivity index (χ1n) is 7.11. The number of carbonyl (C=O) groups excluding carboxylic acids is 1. The number of nitrogens with zero attached hydrogens (tertiary/aromatic N) is 4. The molecule has 0 aliphatic carbocycles. The Labute approximate surface area is 143 Å². The topological polar surface area (TPSA) is 60.2 Å². The predicted molar refractivity (Wildman–Crippen MR) is 91.4 cm³/mol. The lowest BCUT2D eigenvalue weighted by molar-refractivity contribution is 0.0994. The molecule has 7 heteroatoms. The first-order chi connectivity index (χ1) is 10.9. The minimum atomic E-state index is -0.313. The maximum absolute atomic E-state index is 12.5. The standard InChI is InChI=1S/C16H15ClN4OS/c1-9-7-10(2)21-15(18-9)19-16(20-21)23-11(3)14(22)12-5-4-6-13(17)8-12/h4-8,11H,1-3H3/t11-/m0/s1. The molecule has 3 rings (SSSR count). The molecule has 1 aromatic carbocycles. The number of hydrogen-bond donors (Lipinski definition) is 0. The van der Waals surface area contributed by atoms with Crippen molar-refractivity contribution in [3.63, 3.8) is 0 Å². The van der Waals surface area contributed by atoms with Gasteiger partial charge in [-0.1, -0.05) is 35.5 Å². The van der Waals surface area contributed by atoms with Crippen LogP contribution in [-0.2, 0) is 0 Å². The lowest BCUT2D eigenvalue weighted by atomic mass is 10.1. The van der Waals surface area contributed by atoms with E-state index in [1.807, 2.05) is 26.8 Å². The van der Waals surface area contributed by atoms with Gasteiger partial charge in [0.2, 0.25) is 5.16 Å². The van der Waals surface area contributed by atoms with Crippen LogP contribution in [0.3, 0.4) is 0 Å². The van der Waals surface area contributed by atoms with E-state index in [-0.39, 0.29) is 11.0 Å². The Morgan fingerprint density at radius 3 is 2.78 bits per heavy atom. The fourth-order valence-corrected chi connectivity index (χ4v) is 3.30. The molecule has 0 unspecified atom stereocenters. The third kappa shape index (κ3) is 3.38. The summed E-state index contributed by atoms with van der Waals surface area (Å²) in [5, 5.41) is 5.19. The van der Waals surface area contributed by atoms with E-state index >= 15 is 0 Å². The van der Waals surface area contributed by atoms with Crippen molar-refractivity contribution in [1.29, 1.82) is 0 Å². The van der Waals surface area contributed by atoms with Crippen LogP contribution in [0, 0.1) is 13.8 Å². The second-order valence-corrected chi connectivity index (χ2v) is 7.02. The van der Waals surface area contributed by atoms with Crippen LogP contribution in [0.4, 0.5) is 0 Å². The van der Waals surface area contributed by atoms with Gasteiger partial charge in [0.25, 0.3) is 5.78 Å². The fourth-order valence-electron chi connectivity index (χ4n) is 2.29. The average Bonchev–Trinajstić information content (AvgIpc) is 2.89. The monoisotopic (exact) mass is 346 g/mol. The summed E-state index contributed by atoms with van der Waals surface area (Å²) in [4.78, 5) is 21.2. The van der Waals surface area contributed by atoms with Gasteiger partial charge in [0, 0.05) is 22.0 Å². The summed E-state index contributed by atoms with van der Waals surface area (Å²) >= 11 is 7.26. The molecule has 0 bridgehead atoms. The van der Waals surface area contributed by atoms with Gasteiger partial charge < -0.3 is 0 Å². The van der Waals surface area contributed by atoms with Crippen LogP contribution in [0.1, 0.15) is 28.7 Å². The first-order valence-corrected chi connectivity index (χ1v) is 8.37. The summed E-state index contributed by atoms with van der Waals surface area (Å²) in [5.41, 5.74) is 2.44. The zero-order chi connectivity index (χ0) is 16.6. The van der Waals surface area contributed by atoms with E-state index in [0.717, 1.165) is 11.4 Å². The van der Waals surface area contributed by atoms with Crippen LogP contribution < -0.4 is 0 Å². The van der Waals surface area contributed by atoms with E-state index in [1.54, 1.807) is 28.8 Å². The Balaban J connectivity index is 1.84. The van der Waals surface area contributed by atoms with Gasteiger partial charge in [-0.2, -0.15) is 4.98 Å². The van der Waals surface area contributed by atoms with Crippen LogP contribution in [0.2, 0.25) is 5.02 Å². The van der Waals surface area contributed by atoms with Gasteiger partial charge in [-0.15, -0.1) is 5.10 Å². The minimum Gasteiger partial charge on any atom is -0.293 e. The third-order valence-corrected chi connectivity index (χ3v) is 4.55. The number of ketones is 1. The van der Waals surface area contributed by atoms with Crippen molar-refractivity contribution in [2.24, 2.45) is 0 Å². The molecule has 5 nitrogen and oxygen atoms in total. The average molecular weight is 347 g/mol. The molecule has 118 valence electrons. The lowest BCUT2D eigenvalue weighted by Gasteiger charge is -2.07. The molecule has 0 spiro atoms. The summed E-state index contributed by atoms with van der Waals surface area (Å²) in [5.74, 6) is 0.546. The molecule has 0 fully saturated rings. The van der Waals surface area contributed by atoms with Crippen LogP contribution >= 0.6 is 23.4 Å². The second kappa shape index (κ2) is 6.29. The highest BCUT2D eigenvalue weighted by atomic mass is 35.5. The maximum atomic E-state index is 12.5. The van der Waals surface area contributed by atoms with E-state index in [1.165, 1.54) is 11.8 Å². The SMILES string of the molecule is Cc1cc(C)n2nc(S[C@@H](C)C(=O)c3cccc(Cl)c3)nc2n1. The summed E-state index contributed by atoms with van der Waals surface area (Å²) in [6.07, 6.45) is 0. The Hall–Kier alpha value is -1.92. The molecular formula is C16H15ClN4OS. The Morgan fingerprint density at radius 2 is 2.04 bits per heavy atom. The van der Waals surface area contributed by atoms with Gasteiger partial charge >= 0.3 is 0 Å². The van der Waals surface area contributed by atoms with Crippen LogP contribution in [0.25, 0.3) is 5.78 Å². The number of halogens is 1. The molecule has 3 aromatic rings. The van der Waals surface area contributed by atoms with E-state index in [2.05, 4.69) is 15.1 Å². The molecule has 2 aromatic heterocycles. The molecule has 0 aliphatic rings. The first kappa shape index (κ1) is 16.0. The zero-order valence-electron chi connectivity index (χ0n) is 12.9. The van der Waals surface area contributed by atoms with Gasteiger partial charge in [-0.3, -0.25) is 4.79 Å². The highest BCUT2D eigenvalue weighted by Crippen LogP contribution is 2.24. The van der Waals surface area contributed by atoms with E-state index in [4.69, 9.17) is 11.6 Å². The minimum absolute atomic E-state index is 0.00258. The quantitative estimate of drug-likeness (QED) is 0.531. The molecule has 0 N–H and O–H groups in total. The number of carbonyl (C=O) groups is 1. The molecule has 23 heavy (non-hydrogen) atoms. The number of fused-ring (bicyclic) bond motifs is 1. The number of aromatic nitrogens is 4. The van der Waals surface area contributed by atoms with Crippen molar-refractivity contribution in [3.8, 4) is 0 Å². The summed E-state index contributed by atoms with van der Waals surface area (Å²) < 4.78 is 1.69. The summed E-state index contributed by atoms with van der Waals surface area (Å²) in [6.45, 7) is 5.70. The van der Waals surface area contributed by atoms with Crippen LogP contribution in [-0.4, -0.2) is 30.6 Å². The van der Waals surface area contributed by atoms with E-state index in [9.17, 15) is 4.79 Å². The lowest BCUT2D eigenvalue weighted by Crippen LogP contribution is -2.13. The van der Waals surface area contributed by atoms with E-state index in [0.29, 0.717) is 21.5 Å². The van der Waals surface area contributed by atoms with Gasteiger partial charge in [0.05, 0.1) is 5.25 Å². The molecular weight excluding hydrogens is 332 g/mol.